The van der Waals surface area contributed by atoms with Gasteiger partial charge >= 0.3 is 0 Å². The van der Waals surface area contributed by atoms with Crippen molar-refractivity contribution in [3.8, 4) is 5.82 Å². The second-order valence-corrected chi connectivity index (χ2v) is 6.97. The molecule has 1 aromatic carbocycles. The Labute approximate surface area is 137 Å². The van der Waals surface area contributed by atoms with E-state index in [0.29, 0.717) is 16.4 Å². The minimum atomic E-state index is -3.55. The molecule has 3 rings (SSSR count). The van der Waals surface area contributed by atoms with E-state index in [4.69, 9.17) is 16.7 Å². The lowest BCUT2D eigenvalue weighted by molar-refractivity contribution is 0.598. The van der Waals surface area contributed by atoms with Gasteiger partial charge in [0, 0.05) is 29.3 Å². The average molecular weight is 353 g/mol. The molecule has 0 aliphatic carbocycles. The first-order chi connectivity index (χ1) is 10.9. The normalized spacial score (nSPS) is 11.7. The molecule has 3 aromatic rings. The molecule has 0 amide bonds. The summed E-state index contributed by atoms with van der Waals surface area (Å²) in [5.41, 5.74) is 0.634. The Bertz CT molecular complexity index is 943. The molecule has 0 unspecified atom stereocenters. The van der Waals surface area contributed by atoms with Gasteiger partial charge in [0.1, 0.15) is 6.33 Å². The van der Waals surface area contributed by atoms with Crippen LogP contribution in [-0.4, -0.2) is 40.2 Å². The van der Waals surface area contributed by atoms with Gasteiger partial charge in [-0.2, -0.15) is 4.98 Å². The van der Waals surface area contributed by atoms with E-state index >= 15 is 0 Å². The zero-order valence-corrected chi connectivity index (χ0v) is 13.4. The van der Waals surface area contributed by atoms with Gasteiger partial charge in [0.25, 0.3) is 0 Å². The van der Waals surface area contributed by atoms with Crippen molar-refractivity contribution in [2.24, 2.45) is 5.14 Å². The second-order valence-electron chi connectivity index (χ2n) is 4.80. The van der Waals surface area contributed by atoms with Gasteiger partial charge in [0.05, 0.1) is 11.3 Å². The number of halogens is 1. The van der Waals surface area contributed by atoms with Crippen molar-refractivity contribution in [2.75, 3.05) is 17.6 Å². The highest BCUT2D eigenvalue weighted by Crippen LogP contribution is 2.24. The molecule has 120 valence electrons. The summed E-state index contributed by atoms with van der Waals surface area (Å²) in [6.45, 7) is 0.105. The zero-order chi connectivity index (χ0) is 16.4. The number of benzene rings is 1. The Kier molecular flexibility index (Phi) is 4.16. The van der Waals surface area contributed by atoms with Crippen LogP contribution in [0.2, 0.25) is 5.02 Å². The molecule has 0 spiro atoms. The first-order valence-electron chi connectivity index (χ1n) is 6.62. The molecule has 0 aliphatic heterocycles. The van der Waals surface area contributed by atoms with E-state index in [2.05, 4.69) is 20.3 Å². The smallest absolute Gasteiger partial charge is 0.225 e. The van der Waals surface area contributed by atoms with E-state index in [1.807, 2.05) is 6.07 Å². The topological polar surface area (TPSA) is 116 Å². The zero-order valence-electron chi connectivity index (χ0n) is 11.8. The summed E-state index contributed by atoms with van der Waals surface area (Å²) in [7, 11) is -3.55. The third-order valence-corrected chi connectivity index (χ3v) is 4.07. The second kappa shape index (κ2) is 6.11. The largest absolute Gasteiger partial charge is 0.353 e. The van der Waals surface area contributed by atoms with Gasteiger partial charge in [-0.25, -0.2) is 23.5 Å². The standard InChI is InChI=1S/C13H13ClN6O2S/c14-9-1-2-10-11(7-9)18-13(17-4-6-23(15,21)22)19-12(10)20-5-3-16-8-20/h1-3,5,7-8H,4,6H2,(H2,15,21,22)(H,17,18,19). The van der Waals surface area contributed by atoms with Gasteiger partial charge in [-0.1, -0.05) is 11.6 Å². The van der Waals surface area contributed by atoms with Gasteiger partial charge in [-0.15, -0.1) is 0 Å². The van der Waals surface area contributed by atoms with Crippen molar-refractivity contribution >= 4 is 38.5 Å². The molecule has 8 nitrogen and oxygen atoms in total. The van der Waals surface area contributed by atoms with Crippen LogP contribution in [0.25, 0.3) is 16.7 Å². The lowest BCUT2D eigenvalue weighted by atomic mass is 10.2. The number of hydrogen-bond acceptors (Lipinski definition) is 6. The van der Waals surface area contributed by atoms with Gasteiger partial charge in [0.2, 0.25) is 16.0 Å². The first kappa shape index (κ1) is 15.7. The van der Waals surface area contributed by atoms with Crippen LogP contribution in [0.5, 0.6) is 0 Å². The van der Waals surface area contributed by atoms with E-state index in [-0.39, 0.29) is 18.2 Å². The van der Waals surface area contributed by atoms with Crippen LogP contribution in [0.4, 0.5) is 5.95 Å². The van der Waals surface area contributed by atoms with Crippen molar-refractivity contribution in [3.63, 3.8) is 0 Å². The highest BCUT2D eigenvalue weighted by atomic mass is 35.5. The van der Waals surface area contributed by atoms with Crippen molar-refractivity contribution in [1.82, 2.24) is 19.5 Å². The fourth-order valence-electron chi connectivity index (χ4n) is 2.05. The van der Waals surface area contributed by atoms with Crippen LogP contribution in [0.1, 0.15) is 0 Å². The molecule has 10 heteroatoms. The SMILES string of the molecule is NS(=O)(=O)CCNc1nc(-n2ccnc2)c2ccc(Cl)cc2n1. The summed E-state index contributed by atoms with van der Waals surface area (Å²) in [5.74, 6) is 0.680. The molecule has 0 saturated heterocycles. The molecule has 0 atom stereocenters. The average Bonchev–Trinajstić information content (AvgIpc) is 2.98. The minimum absolute atomic E-state index is 0.105. The van der Waals surface area contributed by atoms with E-state index in [1.54, 1.807) is 35.4 Å². The summed E-state index contributed by atoms with van der Waals surface area (Å²) >= 11 is 6.02. The summed E-state index contributed by atoms with van der Waals surface area (Å²) in [6, 6.07) is 5.28. The molecule has 0 fully saturated rings. The number of fused-ring (bicyclic) bond motifs is 1. The predicted octanol–water partition coefficient (Wildman–Crippen LogP) is 1.17. The van der Waals surface area contributed by atoms with Crippen LogP contribution in [-0.2, 0) is 10.0 Å². The molecule has 0 radical (unpaired) electrons. The van der Waals surface area contributed by atoms with E-state index in [0.717, 1.165) is 5.39 Å². The Morgan fingerprint density at radius 1 is 1.30 bits per heavy atom. The number of aromatic nitrogens is 4. The predicted molar refractivity (Wildman–Crippen MR) is 88.1 cm³/mol. The van der Waals surface area contributed by atoms with Crippen molar-refractivity contribution in [2.45, 2.75) is 0 Å². The van der Waals surface area contributed by atoms with Gasteiger partial charge in [-0.3, -0.25) is 4.57 Å². The third kappa shape index (κ3) is 3.76. The lowest BCUT2D eigenvalue weighted by Gasteiger charge is -2.10. The molecule has 0 bridgehead atoms. The van der Waals surface area contributed by atoms with Gasteiger partial charge < -0.3 is 5.32 Å². The van der Waals surface area contributed by atoms with E-state index < -0.39 is 10.0 Å². The number of anilines is 1. The Morgan fingerprint density at radius 2 is 2.13 bits per heavy atom. The number of sulfonamides is 1. The number of hydrogen-bond donors (Lipinski definition) is 2. The number of imidazole rings is 1. The maximum atomic E-state index is 11.0. The highest BCUT2D eigenvalue weighted by molar-refractivity contribution is 7.89. The summed E-state index contributed by atoms with van der Waals surface area (Å²) in [5, 5.41) is 9.18. The summed E-state index contributed by atoms with van der Waals surface area (Å²) in [6.07, 6.45) is 5.01. The molecular weight excluding hydrogens is 340 g/mol. The monoisotopic (exact) mass is 352 g/mol. The van der Waals surface area contributed by atoms with Crippen LogP contribution in [0.3, 0.4) is 0 Å². The molecule has 2 heterocycles. The fraction of sp³-hybridized carbons (Fsp3) is 0.154. The fourth-order valence-corrected chi connectivity index (χ4v) is 2.60. The first-order valence-corrected chi connectivity index (χ1v) is 8.72. The summed E-state index contributed by atoms with van der Waals surface area (Å²) in [4.78, 5) is 12.8. The van der Waals surface area contributed by atoms with Crippen molar-refractivity contribution < 1.29 is 8.42 Å². The number of nitrogens with one attached hydrogen (secondary N) is 1. The lowest BCUT2D eigenvalue weighted by Crippen LogP contribution is -2.23. The Morgan fingerprint density at radius 3 is 2.83 bits per heavy atom. The number of primary sulfonamides is 1. The molecule has 2 aromatic heterocycles. The number of nitrogens with two attached hydrogens (primary N) is 1. The summed E-state index contributed by atoms with van der Waals surface area (Å²) < 4.78 is 23.7. The molecule has 23 heavy (non-hydrogen) atoms. The van der Waals surface area contributed by atoms with E-state index in [1.165, 1.54) is 0 Å². The quantitative estimate of drug-likeness (QED) is 0.712. The van der Waals surface area contributed by atoms with Crippen molar-refractivity contribution in [1.29, 1.82) is 0 Å². The maximum Gasteiger partial charge on any atom is 0.225 e. The van der Waals surface area contributed by atoms with Gasteiger partial charge in [0.15, 0.2) is 5.82 Å². The van der Waals surface area contributed by atoms with Crippen LogP contribution in [0.15, 0.2) is 36.9 Å². The molecular formula is C13H13ClN6O2S. The van der Waals surface area contributed by atoms with Crippen LogP contribution < -0.4 is 10.5 Å². The van der Waals surface area contributed by atoms with Crippen molar-refractivity contribution in [3.05, 3.63) is 41.9 Å². The number of rotatable bonds is 5. The Hall–Kier alpha value is -2.23. The minimum Gasteiger partial charge on any atom is -0.353 e. The Balaban J connectivity index is 2.02. The number of nitrogens with zero attached hydrogens (tertiary/aromatic N) is 4. The molecule has 0 saturated carbocycles. The third-order valence-electron chi connectivity index (χ3n) is 3.06. The van der Waals surface area contributed by atoms with Gasteiger partial charge in [-0.05, 0) is 18.2 Å². The van der Waals surface area contributed by atoms with Crippen LogP contribution >= 0.6 is 11.6 Å². The molecule has 0 aliphatic rings. The van der Waals surface area contributed by atoms with E-state index in [9.17, 15) is 8.42 Å². The maximum absolute atomic E-state index is 11.0. The molecule has 3 N–H and O–H groups in total. The highest BCUT2D eigenvalue weighted by Gasteiger charge is 2.10. The van der Waals surface area contributed by atoms with Crippen LogP contribution in [0, 0.1) is 0 Å².